The number of aromatic nitrogens is 2. The molecular weight excluding hydrogens is 454 g/mol. The number of oxime groups is 1. The number of carbonyl (C=O) groups excluding carboxylic acids is 1. The van der Waals surface area contributed by atoms with Crippen LogP contribution in [0.3, 0.4) is 0 Å². The highest BCUT2D eigenvalue weighted by molar-refractivity contribution is 7.90. The van der Waals surface area contributed by atoms with E-state index in [2.05, 4.69) is 25.3 Å². The molecule has 1 heterocycles. The second-order valence-electron chi connectivity index (χ2n) is 7.63. The Morgan fingerprint density at radius 1 is 1.38 bits per heavy atom. The van der Waals surface area contributed by atoms with Crippen molar-refractivity contribution in [2.75, 3.05) is 11.6 Å². The van der Waals surface area contributed by atoms with Crippen molar-refractivity contribution in [2.45, 2.75) is 42.9 Å². The Bertz CT molecular complexity index is 1140. The zero-order valence-electron chi connectivity index (χ0n) is 17.4. The monoisotopic (exact) mass is 475 g/mol. The smallest absolute Gasteiger partial charge is 0.309 e. The van der Waals surface area contributed by atoms with E-state index in [9.17, 15) is 13.2 Å². The van der Waals surface area contributed by atoms with Gasteiger partial charge in [-0.25, -0.2) is 18.4 Å². The molecule has 168 valence electrons. The zero-order valence-corrected chi connectivity index (χ0v) is 18.9. The average molecular weight is 476 g/mol. The minimum absolute atomic E-state index is 0.0337. The van der Waals surface area contributed by atoms with Crippen molar-refractivity contribution in [3.63, 3.8) is 0 Å². The zero-order chi connectivity index (χ0) is 23.1. The van der Waals surface area contributed by atoms with Gasteiger partial charge in [-0.1, -0.05) is 48.5 Å². The van der Waals surface area contributed by atoms with Gasteiger partial charge in [0, 0.05) is 6.26 Å². The van der Waals surface area contributed by atoms with Crippen LogP contribution >= 0.6 is 11.6 Å². The summed E-state index contributed by atoms with van der Waals surface area (Å²) in [6, 6.07) is 4.64. The van der Waals surface area contributed by atoms with Crippen LogP contribution in [0, 0.1) is 17.4 Å². The summed E-state index contributed by atoms with van der Waals surface area (Å²) in [7, 11) is -3.47. The molecule has 1 saturated carbocycles. The van der Waals surface area contributed by atoms with E-state index >= 15 is 0 Å². The van der Waals surface area contributed by atoms with E-state index in [0.29, 0.717) is 23.6 Å². The molecule has 1 aliphatic rings. The molecular formula is C21H22ClN5O4S. The quantitative estimate of drug-likeness (QED) is 0.349. The van der Waals surface area contributed by atoms with E-state index in [0.717, 1.165) is 31.9 Å². The van der Waals surface area contributed by atoms with Crippen molar-refractivity contribution >= 4 is 39.4 Å². The standard InChI is InChI=1S/C21H22ClN5O4S/c1-32(29,30)19-7-6-15(9-18(19)22)17(8-14-4-2-3-5-14)21(28)27-20-12-24-16(10-25-20)11-26-31-13-23/h6-7,9-12,14,17H,2-5,8H2,1H3,(H,25,27,28). The van der Waals surface area contributed by atoms with Gasteiger partial charge in [-0.15, -0.1) is 5.26 Å². The lowest BCUT2D eigenvalue weighted by Gasteiger charge is -2.21. The third kappa shape index (κ3) is 6.24. The van der Waals surface area contributed by atoms with Gasteiger partial charge in [0.25, 0.3) is 0 Å². The molecule has 1 aliphatic carbocycles. The van der Waals surface area contributed by atoms with Gasteiger partial charge >= 0.3 is 6.26 Å². The lowest BCUT2D eigenvalue weighted by Crippen LogP contribution is -2.24. The minimum Gasteiger partial charge on any atom is -0.309 e. The van der Waals surface area contributed by atoms with E-state index < -0.39 is 15.8 Å². The van der Waals surface area contributed by atoms with Gasteiger partial charge in [0.2, 0.25) is 5.91 Å². The van der Waals surface area contributed by atoms with Crippen molar-refractivity contribution in [1.29, 1.82) is 5.26 Å². The SMILES string of the molecule is CS(=O)(=O)c1ccc(C(CC2CCCC2)C(=O)Nc2cnc(C=NOC#N)cn2)cc1Cl. The average Bonchev–Trinajstić information content (AvgIpc) is 3.26. The third-order valence-electron chi connectivity index (χ3n) is 5.32. The highest BCUT2D eigenvalue weighted by atomic mass is 35.5. The van der Waals surface area contributed by atoms with Crippen molar-refractivity contribution in [2.24, 2.45) is 11.1 Å². The number of benzene rings is 1. The number of nitrogens with zero attached hydrogens (tertiary/aromatic N) is 4. The van der Waals surface area contributed by atoms with Crippen molar-refractivity contribution in [1.82, 2.24) is 9.97 Å². The number of amides is 1. The highest BCUT2D eigenvalue weighted by Gasteiger charge is 2.28. The summed E-state index contributed by atoms with van der Waals surface area (Å²) in [6.07, 6.45) is 11.5. The number of anilines is 1. The summed E-state index contributed by atoms with van der Waals surface area (Å²) in [4.78, 5) is 25.6. The van der Waals surface area contributed by atoms with Crippen molar-refractivity contribution in [3.05, 3.63) is 46.9 Å². The Hall–Kier alpha value is -3.03. The minimum atomic E-state index is -3.47. The van der Waals surface area contributed by atoms with Crippen LogP contribution in [-0.4, -0.2) is 36.8 Å². The summed E-state index contributed by atoms with van der Waals surface area (Å²) >= 11 is 6.23. The number of nitriles is 1. The molecule has 0 saturated heterocycles. The Morgan fingerprint density at radius 2 is 2.12 bits per heavy atom. The Kier molecular flexibility index (Phi) is 7.77. The molecule has 9 nitrogen and oxygen atoms in total. The molecule has 1 fully saturated rings. The summed E-state index contributed by atoms with van der Waals surface area (Å²) in [6.45, 7) is 0. The fourth-order valence-corrected chi connectivity index (χ4v) is 5.13. The van der Waals surface area contributed by atoms with Gasteiger partial charge in [0.05, 0.1) is 34.4 Å². The topological polar surface area (TPSA) is 134 Å². The lowest BCUT2D eigenvalue weighted by atomic mass is 9.87. The molecule has 32 heavy (non-hydrogen) atoms. The number of carbonyl (C=O) groups is 1. The number of hydrogen-bond donors (Lipinski definition) is 1. The van der Waals surface area contributed by atoms with E-state index in [1.165, 1.54) is 30.9 Å². The van der Waals surface area contributed by atoms with Crippen LogP contribution in [0.5, 0.6) is 0 Å². The first-order valence-corrected chi connectivity index (χ1v) is 12.3. The first-order valence-electron chi connectivity index (χ1n) is 9.99. The fraction of sp³-hybridized carbons (Fsp3) is 0.381. The molecule has 1 amide bonds. The van der Waals surface area contributed by atoms with E-state index in [4.69, 9.17) is 16.9 Å². The van der Waals surface area contributed by atoms with Gasteiger partial charge in [0.15, 0.2) is 15.7 Å². The van der Waals surface area contributed by atoms with Crippen LogP contribution in [0.4, 0.5) is 5.82 Å². The predicted octanol–water partition coefficient (Wildman–Crippen LogP) is 3.67. The molecule has 1 atom stereocenters. The molecule has 0 aliphatic heterocycles. The van der Waals surface area contributed by atoms with E-state index in [1.807, 2.05) is 0 Å². The summed E-state index contributed by atoms with van der Waals surface area (Å²) in [5.41, 5.74) is 1.00. The molecule has 2 aromatic rings. The Labute approximate surface area is 191 Å². The molecule has 0 radical (unpaired) electrons. The van der Waals surface area contributed by atoms with Crippen LogP contribution in [-0.2, 0) is 19.5 Å². The number of rotatable bonds is 8. The predicted molar refractivity (Wildman–Crippen MR) is 119 cm³/mol. The number of nitrogens with one attached hydrogen (secondary N) is 1. The van der Waals surface area contributed by atoms with Crippen LogP contribution < -0.4 is 5.32 Å². The number of halogens is 1. The third-order valence-corrected chi connectivity index (χ3v) is 6.90. The molecule has 1 unspecified atom stereocenters. The van der Waals surface area contributed by atoms with Crippen molar-refractivity contribution in [3.8, 4) is 6.26 Å². The van der Waals surface area contributed by atoms with Crippen LogP contribution in [0.15, 0.2) is 40.6 Å². The van der Waals surface area contributed by atoms with Gasteiger partial charge < -0.3 is 5.32 Å². The normalized spacial score (nSPS) is 15.4. The van der Waals surface area contributed by atoms with Gasteiger partial charge in [-0.2, -0.15) is 0 Å². The lowest BCUT2D eigenvalue weighted by molar-refractivity contribution is -0.118. The van der Waals surface area contributed by atoms with Crippen molar-refractivity contribution < 1.29 is 18.0 Å². The molecule has 1 N–H and O–H groups in total. The maximum absolute atomic E-state index is 13.2. The molecule has 1 aromatic heterocycles. The Balaban J connectivity index is 1.81. The van der Waals surface area contributed by atoms with E-state index in [-0.39, 0.29) is 21.6 Å². The molecule has 0 bridgehead atoms. The second-order valence-corrected chi connectivity index (χ2v) is 10.0. The number of sulfone groups is 1. The van der Waals surface area contributed by atoms with Crippen LogP contribution in [0.1, 0.15) is 49.3 Å². The van der Waals surface area contributed by atoms with Crippen LogP contribution in [0.25, 0.3) is 0 Å². The first-order chi connectivity index (χ1) is 15.3. The summed E-state index contributed by atoms with van der Waals surface area (Å²) < 4.78 is 23.8. The number of hydrogen-bond acceptors (Lipinski definition) is 8. The second kappa shape index (κ2) is 10.5. The molecule has 0 spiro atoms. The summed E-state index contributed by atoms with van der Waals surface area (Å²) in [5, 5.41) is 14.5. The fourth-order valence-electron chi connectivity index (χ4n) is 3.79. The molecule has 1 aromatic carbocycles. The van der Waals surface area contributed by atoms with E-state index in [1.54, 1.807) is 12.1 Å². The van der Waals surface area contributed by atoms with Crippen LogP contribution in [0.2, 0.25) is 5.02 Å². The molecule has 11 heteroatoms. The maximum Gasteiger partial charge on any atom is 0.316 e. The Morgan fingerprint density at radius 3 is 2.72 bits per heavy atom. The maximum atomic E-state index is 13.2. The van der Waals surface area contributed by atoms with Gasteiger partial charge in [-0.3, -0.25) is 9.63 Å². The van der Waals surface area contributed by atoms with Gasteiger partial charge in [-0.05, 0) is 30.0 Å². The summed E-state index contributed by atoms with van der Waals surface area (Å²) in [5.74, 6) is -0.132. The molecule has 3 rings (SSSR count). The first kappa shape index (κ1) is 23.6. The highest BCUT2D eigenvalue weighted by Crippen LogP contribution is 2.36. The largest absolute Gasteiger partial charge is 0.316 e. The van der Waals surface area contributed by atoms with Gasteiger partial charge in [0.1, 0.15) is 5.69 Å².